The van der Waals surface area contributed by atoms with Gasteiger partial charge in [0.15, 0.2) is 0 Å². The van der Waals surface area contributed by atoms with Crippen LogP contribution in [0, 0.1) is 0 Å². The van der Waals surface area contributed by atoms with Crippen molar-refractivity contribution >= 4 is 7.91 Å². The van der Waals surface area contributed by atoms with Gasteiger partial charge >= 0.3 is 7.91 Å². The van der Waals surface area contributed by atoms with Crippen molar-refractivity contribution in [3.05, 3.63) is 0 Å². The van der Waals surface area contributed by atoms with Crippen LogP contribution in [-0.4, -0.2) is 12.7 Å². The monoisotopic (exact) mass is 154 g/mol. The first-order chi connectivity index (χ1) is 4.14. The molecule has 0 aliphatic carbocycles. The van der Waals surface area contributed by atoms with E-state index in [1.165, 1.54) is 0 Å². The summed E-state index contributed by atoms with van der Waals surface area (Å²) in [4.78, 5) is 0. The quantitative estimate of drug-likeness (QED) is 0.541. The molecule has 0 spiro atoms. The third-order valence-corrected chi connectivity index (χ3v) is 2.15. The second-order valence-electron chi connectivity index (χ2n) is 1.86. The van der Waals surface area contributed by atoms with Gasteiger partial charge in [0.1, 0.15) is 0 Å². The van der Waals surface area contributed by atoms with Gasteiger partial charge in [0, 0.05) is 0 Å². The van der Waals surface area contributed by atoms with E-state index in [0.717, 1.165) is 0 Å². The summed E-state index contributed by atoms with van der Waals surface area (Å²) in [7, 11) is -4.12. The van der Waals surface area contributed by atoms with E-state index in [1.807, 2.05) is 6.92 Å². The Morgan fingerprint density at radius 3 is 2.78 bits per heavy atom. The smallest absolute Gasteiger partial charge is 0.281 e. The number of rotatable bonds is 1. The van der Waals surface area contributed by atoms with Gasteiger partial charge in [-0.15, -0.1) is 4.20 Å². The second kappa shape index (κ2) is 2.37. The number of halogens is 1. The molecule has 0 bridgehead atoms. The van der Waals surface area contributed by atoms with E-state index in [2.05, 4.69) is 9.05 Å². The summed E-state index contributed by atoms with van der Waals surface area (Å²) in [5, 5.41) is 0. The largest absolute Gasteiger partial charge is 0.513 e. The minimum Gasteiger partial charge on any atom is -0.281 e. The maximum absolute atomic E-state index is 12.2. The van der Waals surface area contributed by atoms with Gasteiger partial charge < -0.3 is 0 Å². The highest BCUT2D eigenvalue weighted by molar-refractivity contribution is 7.48. The van der Waals surface area contributed by atoms with E-state index in [9.17, 15) is 8.76 Å². The zero-order valence-corrected chi connectivity index (χ0v) is 5.94. The fourth-order valence-corrected chi connectivity index (χ4v) is 1.57. The average Bonchev–Trinajstić information content (AvgIpc) is 2.10. The van der Waals surface area contributed by atoms with Crippen LogP contribution in [0.1, 0.15) is 13.3 Å². The van der Waals surface area contributed by atoms with Gasteiger partial charge in [-0.25, -0.2) is 4.57 Å². The van der Waals surface area contributed by atoms with Crippen molar-refractivity contribution in [1.29, 1.82) is 0 Å². The van der Waals surface area contributed by atoms with Gasteiger partial charge in [0.2, 0.25) is 0 Å². The highest BCUT2D eigenvalue weighted by Crippen LogP contribution is 2.55. The predicted molar refractivity (Wildman–Crippen MR) is 29.8 cm³/mol. The van der Waals surface area contributed by atoms with Crippen molar-refractivity contribution in [2.45, 2.75) is 19.4 Å². The Kier molecular flexibility index (Phi) is 1.89. The Morgan fingerprint density at radius 2 is 2.56 bits per heavy atom. The maximum Gasteiger partial charge on any atom is 0.513 e. The SMILES string of the molecule is CCC1COP(=O)(F)O1. The van der Waals surface area contributed by atoms with E-state index in [0.29, 0.717) is 6.42 Å². The molecule has 0 amide bonds. The van der Waals surface area contributed by atoms with Gasteiger partial charge in [-0.3, -0.25) is 9.05 Å². The third-order valence-electron chi connectivity index (χ3n) is 1.14. The summed E-state index contributed by atoms with van der Waals surface area (Å²) in [5.74, 6) is 0. The zero-order chi connectivity index (χ0) is 6.91. The minimum absolute atomic E-state index is 0.115. The summed E-state index contributed by atoms with van der Waals surface area (Å²) in [6.07, 6.45) is 0.314. The second-order valence-corrected chi connectivity index (χ2v) is 3.19. The average molecular weight is 154 g/mol. The minimum atomic E-state index is -4.12. The molecule has 1 fully saturated rings. The summed E-state index contributed by atoms with van der Waals surface area (Å²) >= 11 is 0. The van der Waals surface area contributed by atoms with Crippen molar-refractivity contribution in [3.63, 3.8) is 0 Å². The molecular formula is C4H8FO3P. The highest BCUT2D eigenvalue weighted by atomic mass is 31.2. The van der Waals surface area contributed by atoms with Crippen LogP contribution >= 0.6 is 7.91 Å². The van der Waals surface area contributed by atoms with Crippen LogP contribution in [0.5, 0.6) is 0 Å². The number of hydrogen-bond donors (Lipinski definition) is 0. The van der Waals surface area contributed by atoms with Crippen LogP contribution in [0.3, 0.4) is 0 Å². The lowest BCUT2D eigenvalue weighted by Crippen LogP contribution is -2.05. The predicted octanol–water partition coefficient (Wildman–Crippen LogP) is 1.89. The normalized spacial score (nSPS) is 43.6. The zero-order valence-electron chi connectivity index (χ0n) is 5.04. The molecular weight excluding hydrogens is 146 g/mol. The molecule has 5 heteroatoms. The molecule has 54 valence electrons. The molecule has 0 N–H and O–H groups in total. The van der Waals surface area contributed by atoms with Crippen LogP contribution in [-0.2, 0) is 13.6 Å². The molecule has 2 atom stereocenters. The van der Waals surface area contributed by atoms with E-state index >= 15 is 0 Å². The van der Waals surface area contributed by atoms with Gasteiger partial charge in [-0.2, -0.15) is 0 Å². The molecule has 1 rings (SSSR count). The van der Waals surface area contributed by atoms with E-state index in [4.69, 9.17) is 0 Å². The van der Waals surface area contributed by atoms with Crippen LogP contribution in [0.4, 0.5) is 4.20 Å². The molecule has 1 saturated heterocycles. The van der Waals surface area contributed by atoms with Crippen LogP contribution in [0.2, 0.25) is 0 Å². The van der Waals surface area contributed by atoms with E-state index in [-0.39, 0.29) is 12.7 Å². The van der Waals surface area contributed by atoms with Gasteiger partial charge in [-0.05, 0) is 6.42 Å². The summed E-state index contributed by atoms with van der Waals surface area (Å²) in [6, 6.07) is 0. The maximum atomic E-state index is 12.2. The van der Waals surface area contributed by atoms with Crippen LogP contribution < -0.4 is 0 Å². The third kappa shape index (κ3) is 1.75. The summed E-state index contributed by atoms with van der Waals surface area (Å²) < 4.78 is 31.0. The molecule has 0 aromatic rings. The first-order valence-electron chi connectivity index (χ1n) is 2.76. The van der Waals surface area contributed by atoms with E-state index in [1.54, 1.807) is 0 Å². The molecule has 0 aromatic carbocycles. The topological polar surface area (TPSA) is 35.5 Å². The number of hydrogen-bond acceptors (Lipinski definition) is 3. The van der Waals surface area contributed by atoms with Crippen molar-refractivity contribution in [2.75, 3.05) is 6.61 Å². The molecule has 0 radical (unpaired) electrons. The van der Waals surface area contributed by atoms with Crippen LogP contribution in [0.25, 0.3) is 0 Å². The molecule has 3 nitrogen and oxygen atoms in total. The molecule has 2 unspecified atom stereocenters. The van der Waals surface area contributed by atoms with Crippen LogP contribution in [0.15, 0.2) is 0 Å². The highest BCUT2D eigenvalue weighted by Gasteiger charge is 2.36. The Hall–Kier alpha value is 0.0800. The fourth-order valence-electron chi connectivity index (χ4n) is 0.603. The Balaban J connectivity index is 2.47. The summed E-state index contributed by atoms with van der Waals surface area (Å²) in [6.45, 7) is 1.93. The first kappa shape index (κ1) is 7.19. The van der Waals surface area contributed by atoms with Crippen molar-refractivity contribution in [2.24, 2.45) is 0 Å². The van der Waals surface area contributed by atoms with E-state index < -0.39 is 7.91 Å². The molecule has 1 aliphatic heterocycles. The lowest BCUT2D eigenvalue weighted by molar-refractivity contribution is 0.222. The Morgan fingerprint density at radius 1 is 1.89 bits per heavy atom. The molecule has 1 heterocycles. The van der Waals surface area contributed by atoms with Gasteiger partial charge in [0.25, 0.3) is 0 Å². The van der Waals surface area contributed by atoms with Gasteiger partial charge in [0.05, 0.1) is 12.7 Å². The van der Waals surface area contributed by atoms with Crippen molar-refractivity contribution < 1.29 is 17.8 Å². The molecule has 0 aromatic heterocycles. The summed E-state index contributed by atoms with van der Waals surface area (Å²) in [5.41, 5.74) is 0. The molecule has 1 aliphatic rings. The lowest BCUT2D eigenvalue weighted by Gasteiger charge is -1.99. The molecule has 9 heavy (non-hydrogen) atoms. The molecule has 0 saturated carbocycles. The van der Waals surface area contributed by atoms with Crippen molar-refractivity contribution in [3.8, 4) is 0 Å². The Labute approximate surface area is 52.8 Å². The standard InChI is InChI=1S/C4H8FO3P/c1-2-4-3-7-9(5,6)8-4/h4H,2-3H2,1H3. The Bertz CT molecular complexity index is 149. The van der Waals surface area contributed by atoms with Gasteiger partial charge in [-0.1, -0.05) is 6.92 Å². The lowest BCUT2D eigenvalue weighted by atomic mass is 10.3. The first-order valence-corrected chi connectivity index (χ1v) is 4.20. The van der Waals surface area contributed by atoms with Crippen molar-refractivity contribution in [1.82, 2.24) is 0 Å². The fraction of sp³-hybridized carbons (Fsp3) is 1.00.